The predicted octanol–water partition coefficient (Wildman–Crippen LogP) is 4.45. The van der Waals surface area contributed by atoms with Crippen LogP contribution in [0.4, 0.5) is 5.69 Å². The summed E-state index contributed by atoms with van der Waals surface area (Å²) in [5.74, 6) is 1.64. The van der Waals surface area contributed by atoms with Crippen LogP contribution in [-0.2, 0) is 13.0 Å². The molecule has 1 aliphatic rings. The van der Waals surface area contributed by atoms with Gasteiger partial charge in [0.15, 0.2) is 5.76 Å². The molecule has 4 heteroatoms. The number of carbonyl (C=O) groups excluding carboxylic acids is 1. The van der Waals surface area contributed by atoms with Crippen LogP contribution < -0.4 is 9.64 Å². The van der Waals surface area contributed by atoms with Crippen molar-refractivity contribution in [2.75, 3.05) is 4.90 Å². The molecule has 126 valence electrons. The molecule has 1 aromatic heterocycles. The van der Waals surface area contributed by atoms with Crippen LogP contribution in [0.25, 0.3) is 0 Å². The second kappa shape index (κ2) is 6.48. The molecule has 2 aromatic carbocycles. The smallest absolute Gasteiger partial charge is 0.294 e. The summed E-state index contributed by atoms with van der Waals surface area (Å²) in [6, 6.07) is 21.2. The van der Waals surface area contributed by atoms with Gasteiger partial charge >= 0.3 is 0 Å². The fraction of sp³-hybridized carbons (Fsp3) is 0.190. The van der Waals surface area contributed by atoms with Gasteiger partial charge in [0.1, 0.15) is 18.1 Å². The van der Waals surface area contributed by atoms with Gasteiger partial charge in [-0.3, -0.25) is 4.79 Å². The van der Waals surface area contributed by atoms with E-state index in [1.807, 2.05) is 53.4 Å². The van der Waals surface area contributed by atoms with Crippen molar-refractivity contribution >= 4 is 11.6 Å². The van der Waals surface area contributed by atoms with Gasteiger partial charge in [0, 0.05) is 11.7 Å². The number of fused-ring (bicyclic) bond motifs is 1. The largest absolute Gasteiger partial charge is 0.486 e. The Kier molecular flexibility index (Phi) is 4.02. The molecule has 0 radical (unpaired) electrons. The third kappa shape index (κ3) is 3.03. The number of amides is 1. The molecule has 0 spiro atoms. The Bertz CT molecular complexity index is 885. The Labute approximate surface area is 146 Å². The highest BCUT2D eigenvalue weighted by molar-refractivity contribution is 6.06. The van der Waals surface area contributed by atoms with Gasteiger partial charge in [0.05, 0.1) is 0 Å². The van der Waals surface area contributed by atoms with Gasteiger partial charge in [-0.2, -0.15) is 0 Å². The third-order valence-corrected chi connectivity index (χ3v) is 4.42. The number of hydrogen-bond donors (Lipinski definition) is 0. The maximum absolute atomic E-state index is 12.9. The topological polar surface area (TPSA) is 42.7 Å². The van der Waals surface area contributed by atoms with Gasteiger partial charge in [-0.1, -0.05) is 36.4 Å². The van der Waals surface area contributed by atoms with Crippen LogP contribution in [0.15, 0.2) is 71.1 Å². The monoisotopic (exact) mass is 333 g/mol. The summed E-state index contributed by atoms with van der Waals surface area (Å²) in [6.45, 7) is 2.35. The standard InChI is InChI=1S/C21H19NO3/c1-15-13-16-7-5-6-10-19(16)22(15)21(23)20-12-11-18(25-20)14-24-17-8-3-2-4-9-17/h2-12,15H,13-14H2,1H3. The van der Waals surface area contributed by atoms with E-state index in [2.05, 4.69) is 13.0 Å². The van der Waals surface area contributed by atoms with E-state index in [4.69, 9.17) is 9.15 Å². The quantitative estimate of drug-likeness (QED) is 0.708. The zero-order valence-electron chi connectivity index (χ0n) is 14.0. The van der Waals surface area contributed by atoms with Crippen LogP contribution in [0.2, 0.25) is 0 Å². The number of rotatable bonds is 4. The van der Waals surface area contributed by atoms with Gasteiger partial charge in [0.25, 0.3) is 5.91 Å². The van der Waals surface area contributed by atoms with Gasteiger partial charge in [0.2, 0.25) is 0 Å². The van der Waals surface area contributed by atoms with Crippen molar-refractivity contribution < 1.29 is 13.9 Å². The maximum Gasteiger partial charge on any atom is 0.294 e. The molecule has 0 bridgehead atoms. The number of hydrogen-bond acceptors (Lipinski definition) is 3. The average molecular weight is 333 g/mol. The fourth-order valence-electron chi connectivity index (χ4n) is 3.24. The van der Waals surface area contributed by atoms with Crippen molar-refractivity contribution in [3.05, 3.63) is 83.8 Å². The van der Waals surface area contributed by atoms with E-state index >= 15 is 0 Å². The molecule has 0 fully saturated rings. The van der Waals surface area contributed by atoms with E-state index in [0.29, 0.717) is 18.1 Å². The van der Waals surface area contributed by atoms with Crippen molar-refractivity contribution in [2.24, 2.45) is 0 Å². The van der Waals surface area contributed by atoms with E-state index in [0.717, 1.165) is 17.9 Å². The van der Waals surface area contributed by atoms with Crippen molar-refractivity contribution in [3.8, 4) is 5.75 Å². The molecule has 4 nitrogen and oxygen atoms in total. The molecule has 0 saturated heterocycles. The second-order valence-electron chi connectivity index (χ2n) is 6.22. The zero-order chi connectivity index (χ0) is 17.2. The lowest BCUT2D eigenvalue weighted by Crippen LogP contribution is -2.35. The Hall–Kier alpha value is -3.01. The SMILES string of the molecule is CC1Cc2ccccc2N1C(=O)c1ccc(COc2ccccc2)o1. The van der Waals surface area contributed by atoms with E-state index in [1.165, 1.54) is 5.56 Å². The molecule has 1 amide bonds. The number of furan rings is 1. The number of anilines is 1. The first-order valence-electron chi connectivity index (χ1n) is 8.40. The summed E-state index contributed by atoms with van der Waals surface area (Å²) in [7, 11) is 0. The summed E-state index contributed by atoms with van der Waals surface area (Å²) in [5, 5.41) is 0. The molecule has 3 aromatic rings. The first-order valence-corrected chi connectivity index (χ1v) is 8.40. The summed E-state index contributed by atoms with van der Waals surface area (Å²) in [5.41, 5.74) is 2.17. The molecule has 25 heavy (non-hydrogen) atoms. The highest BCUT2D eigenvalue weighted by Gasteiger charge is 2.32. The van der Waals surface area contributed by atoms with Gasteiger partial charge < -0.3 is 14.1 Å². The fourth-order valence-corrected chi connectivity index (χ4v) is 3.24. The van der Waals surface area contributed by atoms with Crippen molar-refractivity contribution in [1.29, 1.82) is 0 Å². The average Bonchev–Trinajstić information content (AvgIpc) is 3.24. The van der Waals surface area contributed by atoms with Crippen molar-refractivity contribution in [3.63, 3.8) is 0 Å². The van der Waals surface area contributed by atoms with Crippen LogP contribution in [0, 0.1) is 0 Å². The molecule has 1 atom stereocenters. The number of nitrogens with zero attached hydrogens (tertiary/aromatic N) is 1. The molecule has 2 heterocycles. The number of para-hydroxylation sites is 2. The summed E-state index contributed by atoms with van der Waals surface area (Å²) < 4.78 is 11.4. The minimum Gasteiger partial charge on any atom is -0.486 e. The van der Waals surface area contributed by atoms with Crippen LogP contribution >= 0.6 is 0 Å². The number of ether oxygens (including phenoxy) is 1. The van der Waals surface area contributed by atoms with E-state index in [9.17, 15) is 4.79 Å². The zero-order valence-corrected chi connectivity index (χ0v) is 14.0. The molecule has 0 saturated carbocycles. The number of benzene rings is 2. The van der Waals surface area contributed by atoms with Crippen LogP contribution in [0.1, 0.15) is 28.8 Å². The minimum atomic E-state index is -0.108. The van der Waals surface area contributed by atoms with Crippen LogP contribution in [-0.4, -0.2) is 11.9 Å². The van der Waals surface area contributed by atoms with Crippen LogP contribution in [0.5, 0.6) is 5.75 Å². The molecule has 4 rings (SSSR count). The molecule has 0 N–H and O–H groups in total. The molecular weight excluding hydrogens is 314 g/mol. The van der Waals surface area contributed by atoms with Gasteiger partial charge in [-0.15, -0.1) is 0 Å². The Morgan fingerprint density at radius 3 is 2.68 bits per heavy atom. The second-order valence-corrected chi connectivity index (χ2v) is 6.22. The summed E-state index contributed by atoms with van der Waals surface area (Å²) in [6.07, 6.45) is 0.868. The van der Waals surface area contributed by atoms with Crippen molar-refractivity contribution in [2.45, 2.75) is 26.0 Å². The summed E-state index contributed by atoms with van der Waals surface area (Å²) >= 11 is 0. The first-order chi connectivity index (χ1) is 12.2. The Morgan fingerprint density at radius 2 is 1.84 bits per heavy atom. The lowest BCUT2D eigenvalue weighted by molar-refractivity contribution is 0.0950. The minimum absolute atomic E-state index is 0.108. The Balaban J connectivity index is 1.49. The molecule has 0 aliphatic carbocycles. The van der Waals surface area contributed by atoms with E-state index < -0.39 is 0 Å². The molecule has 1 aliphatic heterocycles. The molecule has 1 unspecified atom stereocenters. The number of carbonyl (C=O) groups is 1. The first kappa shape index (κ1) is 15.5. The lowest BCUT2D eigenvalue weighted by Gasteiger charge is -2.21. The van der Waals surface area contributed by atoms with E-state index in [-0.39, 0.29) is 11.9 Å². The third-order valence-electron chi connectivity index (χ3n) is 4.42. The lowest BCUT2D eigenvalue weighted by atomic mass is 10.1. The normalized spacial score (nSPS) is 15.9. The van der Waals surface area contributed by atoms with E-state index in [1.54, 1.807) is 12.1 Å². The highest BCUT2D eigenvalue weighted by atomic mass is 16.5. The van der Waals surface area contributed by atoms with Crippen molar-refractivity contribution in [1.82, 2.24) is 0 Å². The summed E-state index contributed by atoms with van der Waals surface area (Å²) in [4.78, 5) is 14.7. The predicted molar refractivity (Wildman–Crippen MR) is 95.9 cm³/mol. The molecular formula is C21H19NO3. The van der Waals surface area contributed by atoms with Gasteiger partial charge in [-0.05, 0) is 49.2 Å². The highest BCUT2D eigenvalue weighted by Crippen LogP contribution is 2.33. The van der Waals surface area contributed by atoms with Gasteiger partial charge in [-0.25, -0.2) is 0 Å². The maximum atomic E-state index is 12.9. The Morgan fingerprint density at radius 1 is 1.08 bits per heavy atom. The van der Waals surface area contributed by atoms with Crippen LogP contribution in [0.3, 0.4) is 0 Å².